The number of halogens is 1. The fraction of sp³-hybridized carbons (Fsp3) is 0.0909. The molecule has 0 bridgehead atoms. The lowest BCUT2D eigenvalue weighted by Gasteiger charge is -1.96. The highest BCUT2D eigenvalue weighted by atomic mass is 79.9. The molecule has 0 saturated heterocycles. The zero-order valence-corrected chi connectivity index (χ0v) is 10.5. The second-order valence-electron chi connectivity index (χ2n) is 3.13. The van der Waals surface area contributed by atoms with Gasteiger partial charge in [-0.05, 0) is 11.6 Å². The van der Waals surface area contributed by atoms with E-state index in [4.69, 9.17) is 0 Å². The minimum Gasteiger partial charge on any atom is -0.324 e. The molecule has 1 amide bonds. The molecule has 1 heterocycles. The number of aromatic amines is 1. The minimum atomic E-state index is -0.170. The third kappa shape index (κ3) is 3.86. The molecule has 0 aromatic carbocycles. The summed E-state index contributed by atoms with van der Waals surface area (Å²) in [4.78, 5) is 17.7. The smallest absolute Gasteiger partial charge is 0.223 e. The highest BCUT2D eigenvalue weighted by molar-refractivity contribution is 9.11. The standard InChI is InChI=1S/C11H12BrN3O/c1-7(4-5-8(2)12)10-6-13-11(15-10)14-9(3)16/h4-6H,1-2H2,3H3,(H2,13,14,15,16)/b5-4-. The van der Waals surface area contributed by atoms with Crippen molar-refractivity contribution in [2.75, 3.05) is 5.32 Å². The van der Waals surface area contributed by atoms with Gasteiger partial charge in [-0.25, -0.2) is 4.98 Å². The summed E-state index contributed by atoms with van der Waals surface area (Å²) >= 11 is 3.21. The lowest BCUT2D eigenvalue weighted by molar-refractivity contribution is -0.114. The molecule has 5 heteroatoms. The van der Waals surface area contributed by atoms with Crippen LogP contribution in [-0.2, 0) is 4.79 Å². The van der Waals surface area contributed by atoms with Gasteiger partial charge in [-0.2, -0.15) is 0 Å². The molecule has 0 spiro atoms. The number of allylic oxidation sites excluding steroid dienone is 4. The Labute approximate surface area is 102 Å². The summed E-state index contributed by atoms with van der Waals surface area (Å²) in [5, 5.41) is 2.55. The first-order valence-corrected chi connectivity index (χ1v) is 5.32. The third-order valence-corrected chi connectivity index (χ3v) is 1.95. The first kappa shape index (κ1) is 12.4. The molecule has 1 aromatic heterocycles. The normalized spacial score (nSPS) is 10.4. The monoisotopic (exact) mass is 281 g/mol. The first-order valence-electron chi connectivity index (χ1n) is 4.53. The Kier molecular flexibility index (Phi) is 4.25. The molecular formula is C11H12BrN3O. The number of amides is 1. The Balaban J connectivity index is 2.74. The number of carbonyl (C=O) groups is 1. The molecule has 2 N–H and O–H groups in total. The number of rotatable bonds is 4. The summed E-state index contributed by atoms with van der Waals surface area (Å²) in [6.07, 6.45) is 5.18. The van der Waals surface area contributed by atoms with E-state index < -0.39 is 0 Å². The maximum atomic E-state index is 10.8. The van der Waals surface area contributed by atoms with Crippen LogP contribution >= 0.6 is 15.9 Å². The second kappa shape index (κ2) is 5.46. The molecule has 0 fully saturated rings. The Morgan fingerprint density at radius 1 is 1.56 bits per heavy atom. The van der Waals surface area contributed by atoms with Crippen molar-refractivity contribution >= 4 is 33.4 Å². The predicted octanol–water partition coefficient (Wildman–Crippen LogP) is 2.85. The number of nitrogens with zero attached hydrogens (tertiary/aromatic N) is 1. The van der Waals surface area contributed by atoms with Crippen molar-refractivity contribution in [2.45, 2.75) is 6.92 Å². The minimum absolute atomic E-state index is 0.170. The predicted molar refractivity (Wildman–Crippen MR) is 69.1 cm³/mol. The zero-order chi connectivity index (χ0) is 12.1. The second-order valence-corrected chi connectivity index (χ2v) is 4.15. The van der Waals surface area contributed by atoms with Gasteiger partial charge in [0.05, 0.1) is 11.9 Å². The Bertz CT molecular complexity index is 460. The van der Waals surface area contributed by atoms with Crippen molar-refractivity contribution in [3.05, 3.63) is 41.7 Å². The topological polar surface area (TPSA) is 57.8 Å². The van der Waals surface area contributed by atoms with Crippen LogP contribution < -0.4 is 5.32 Å². The van der Waals surface area contributed by atoms with E-state index in [-0.39, 0.29) is 5.91 Å². The molecule has 0 saturated carbocycles. The summed E-state index contributed by atoms with van der Waals surface area (Å²) in [5.41, 5.74) is 1.50. The Hall–Kier alpha value is -1.62. The fourth-order valence-corrected chi connectivity index (χ4v) is 1.13. The SMILES string of the molecule is C=C(Br)/C=C\C(=C)c1cnc(NC(C)=O)[nH]1. The van der Waals surface area contributed by atoms with Crippen molar-refractivity contribution in [2.24, 2.45) is 0 Å². The summed E-state index contributed by atoms with van der Waals surface area (Å²) in [5.74, 6) is 0.241. The number of H-pyrrole nitrogens is 1. The highest BCUT2D eigenvalue weighted by Crippen LogP contribution is 2.15. The van der Waals surface area contributed by atoms with Crippen LogP contribution in [0.4, 0.5) is 5.95 Å². The quantitative estimate of drug-likeness (QED) is 0.834. The van der Waals surface area contributed by atoms with Crippen LogP contribution in [0.3, 0.4) is 0 Å². The molecule has 0 aliphatic rings. The van der Waals surface area contributed by atoms with E-state index in [1.54, 1.807) is 18.3 Å². The first-order chi connectivity index (χ1) is 7.49. The fourth-order valence-electron chi connectivity index (χ4n) is 0.995. The van der Waals surface area contributed by atoms with Gasteiger partial charge >= 0.3 is 0 Å². The van der Waals surface area contributed by atoms with Crippen LogP contribution in [0.15, 0.2) is 36.0 Å². The van der Waals surface area contributed by atoms with Crippen molar-refractivity contribution in [1.82, 2.24) is 9.97 Å². The lowest BCUT2D eigenvalue weighted by atomic mass is 10.2. The molecule has 0 radical (unpaired) electrons. The molecule has 84 valence electrons. The number of nitrogens with one attached hydrogen (secondary N) is 2. The number of imidazole rings is 1. The van der Waals surface area contributed by atoms with Crippen LogP contribution in [0.1, 0.15) is 12.6 Å². The van der Waals surface area contributed by atoms with Crippen LogP contribution in [-0.4, -0.2) is 15.9 Å². The lowest BCUT2D eigenvalue weighted by Crippen LogP contribution is -2.06. The van der Waals surface area contributed by atoms with Crippen LogP contribution in [0.5, 0.6) is 0 Å². The average molecular weight is 282 g/mol. The molecule has 0 atom stereocenters. The van der Waals surface area contributed by atoms with Crippen LogP contribution in [0.25, 0.3) is 5.57 Å². The van der Waals surface area contributed by atoms with E-state index >= 15 is 0 Å². The molecule has 0 aliphatic carbocycles. The van der Waals surface area contributed by atoms with Gasteiger partial charge in [0, 0.05) is 11.4 Å². The maximum absolute atomic E-state index is 10.8. The van der Waals surface area contributed by atoms with E-state index in [2.05, 4.69) is 44.4 Å². The van der Waals surface area contributed by atoms with Gasteiger partial charge in [-0.3, -0.25) is 10.1 Å². The number of aromatic nitrogens is 2. The van der Waals surface area contributed by atoms with Crippen molar-refractivity contribution in [1.29, 1.82) is 0 Å². The number of hydrogen-bond donors (Lipinski definition) is 2. The van der Waals surface area contributed by atoms with Crippen molar-refractivity contribution in [3.8, 4) is 0 Å². The van der Waals surface area contributed by atoms with Crippen LogP contribution in [0.2, 0.25) is 0 Å². The van der Waals surface area contributed by atoms with Gasteiger partial charge < -0.3 is 4.98 Å². The van der Waals surface area contributed by atoms with E-state index in [1.165, 1.54) is 6.92 Å². The summed E-state index contributed by atoms with van der Waals surface area (Å²) in [7, 11) is 0. The van der Waals surface area contributed by atoms with Crippen molar-refractivity contribution in [3.63, 3.8) is 0 Å². The summed E-state index contributed by atoms with van der Waals surface area (Å²) < 4.78 is 0.759. The van der Waals surface area contributed by atoms with Gasteiger partial charge in [-0.1, -0.05) is 35.2 Å². The molecule has 0 aliphatic heterocycles. The average Bonchev–Trinajstić information content (AvgIpc) is 2.61. The molecule has 4 nitrogen and oxygen atoms in total. The van der Waals surface area contributed by atoms with Gasteiger partial charge in [0.15, 0.2) is 0 Å². The van der Waals surface area contributed by atoms with Crippen LogP contribution in [0, 0.1) is 0 Å². The van der Waals surface area contributed by atoms with Gasteiger partial charge in [0.1, 0.15) is 0 Å². The number of carbonyl (C=O) groups excluding carboxylic acids is 1. The molecule has 16 heavy (non-hydrogen) atoms. The van der Waals surface area contributed by atoms with E-state index in [0.29, 0.717) is 5.95 Å². The van der Waals surface area contributed by atoms with Gasteiger partial charge in [0.25, 0.3) is 0 Å². The molecular weight excluding hydrogens is 270 g/mol. The Morgan fingerprint density at radius 2 is 2.25 bits per heavy atom. The Morgan fingerprint density at radius 3 is 2.81 bits per heavy atom. The largest absolute Gasteiger partial charge is 0.324 e. The third-order valence-electron chi connectivity index (χ3n) is 1.68. The molecule has 0 unspecified atom stereocenters. The van der Waals surface area contributed by atoms with E-state index in [0.717, 1.165) is 15.7 Å². The van der Waals surface area contributed by atoms with Gasteiger partial charge in [0.2, 0.25) is 11.9 Å². The van der Waals surface area contributed by atoms with E-state index in [1.807, 2.05) is 0 Å². The maximum Gasteiger partial charge on any atom is 0.223 e. The van der Waals surface area contributed by atoms with Crippen molar-refractivity contribution < 1.29 is 4.79 Å². The number of anilines is 1. The molecule has 1 rings (SSSR count). The number of hydrogen-bond acceptors (Lipinski definition) is 2. The summed E-state index contributed by atoms with van der Waals surface area (Å²) in [6.45, 7) is 8.95. The molecule has 1 aromatic rings. The van der Waals surface area contributed by atoms with Gasteiger partial charge in [-0.15, -0.1) is 0 Å². The summed E-state index contributed by atoms with van der Waals surface area (Å²) in [6, 6.07) is 0. The highest BCUT2D eigenvalue weighted by Gasteiger charge is 2.02. The van der Waals surface area contributed by atoms with E-state index in [9.17, 15) is 4.79 Å². The zero-order valence-electron chi connectivity index (χ0n) is 8.88.